The number of hydrogen-bond acceptors (Lipinski definition) is 3. The molecule has 2 heterocycles. The first kappa shape index (κ1) is 12.3. The van der Waals surface area contributed by atoms with Gasteiger partial charge in [0.1, 0.15) is 5.69 Å². The summed E-state index contributed by atoms with van der Waals surface area (Å²) >= 11 is 0. The van der Waals surface area contributed by atoms with E-state index in [-0.39, 0.29) is 5.91 Å². The molecule has 0 fully saturated rings. The Morgan fingerprint density at radius 1 is 1.50 bits per heavy atom. The minimum Gasteiger partial charge on any atom is -0.350 e. The van der Waals surface area contributed by atoms with Crippen LogP contribution < -0.4 is 5.32 Å². The molecule has 0 bridgehead atoms. The van der Waals surface area contributed by atoms with E-state index < -0.39 is 0 Å². The Balaban J connectivity index is 1.85. The molecular formula is C13H16N4O. The highest BCUT2D eigenvalue weighted by Gasteiger charge is 2.09. The molecule has 0 aliphatic rings. The van der Waals surface area contributed by atoms with Gasteiger partial charge in [0, 0.05) is 31.7 Å². The Labute approximate surface area is 106 Å². The van der Waals surface area contributed by atoms with Gasteiger partial charge in [0.15, 0.2) is 0 Å². The molecule has 2 aromatic heterocycles. The molecule has 5 heteroatoms. The lowest BCUT2D eigenvalue weighted by Gasteiger charge is -2.02. The first-order chi connectivity index (χ1) is 8.66. The minimum absolute atomic E-state index is 0.136. The van der Waals surface area contributed by atoms with E-state index in [1.165, 1.54) is 0 Å². The lowest BCUT2D eigenvalue weighted by molar-refractivity contribution is 0.0948. The summed E-state index contributed by atoms with van der Waals surface area (Å²) in [7, 11) is 1.82. The summed E-state index contributed by atoms with van der Waals surface area (Å²) in [4.78, 5) is 15.8. The molecule has 0 saturated carbocycles. The fourth-order valence-corrected chi connectivity index (χ4v) is 1.63. The van der Waals surface area contributed by atoms with Crippen molar-refractivity contribution in [3.8, 4) is 0 Å². The van der Waals surface area contributed by atoms with Gasteiger partial charge in [-0.15, -0.1) is 0 Å². The number of nitrogens with one attached hydrogen (secondary N) is 1. The van der Waals surface area contributed by atoms with E-state index in [0.717, 1.165) is 17.7 Å². The number of nitrogens with zero attached hydrogens (tertiary/aromatic N) is 3. The quantitative estimate of drug-likeness (QED) is 0.876. The van der Waals surface area contributed by atoms with E-state index in [2.05, 4.69) is 15.4 Å². The van der Waals surface area contributed by atoms with Gasteiger partial charge >= 0.3 is 0 Å². The number of aryl methyl sites for hydroxylation is 2. The van der Waals surface area contributed by atoms with Crippen LogP contribution in [0.5, 0.6) is 0 Å². The van der Waals surface area contributed by atoms with Crippen LogP contribution in [-0.2, 0) is 13.5 Å². The largest absolute Gasteiger partial charge is 0.350 e. The van der Waals surface area contributed by atoms with Crippen LogP contribution in [0.1, 0.15) is 21.7 Å². The van der Waals surface area contributed by atoms with Crippen LogP contribution in [0, 0.1) is 6.92 Å². The molecule has 2 rings (SSSR count). The molecule has 0 saturated heterocycles. The second-order valence-electron chi connectivity index (χ2n) is 4.16. The van der Waals surface area contributed by atoms with Crippen LogP contribution in [-0.4, -0.2) is 27.2 Å². The summed E-state index contributed by atoms with van der Waals surface area (Å²) in [5.74, 6) is -0.136. The van der Waals surface area contributed by atoms with Gasteiger partial charge in [0.25, 0.3) is 5.91 Å². The maximum Gasteiger partial charge on any atom is 0.271 e. The highest BCUT2D eigenvalue weighted by Crippen LogP contribution is 2.01. The molecule has 0 unspecified atom stereocenters. The second kappa shape index (κ2) is 5.44. The monoisotopic (exact) mass is 244 g/mol. The van der Waals surface area contributed by atoms with Crippen molar-refractivity contribution in [1.82, 2.24) is 20.1 Å². The van der Waals surface area contributed by atoms with Crippen molar-refractivity contribution in [1.29, 1.82) is 0 Å². The number of pyridine rings is 1. The van der Waals surface area contributed by atoms with Crippen LogP contribution in [0.4, 0.5) is 0 Å². The Hall–Kier alpha value is -2.17. The third kappa shape index (κ3) is 2.94. The smallest absolute Gasteiger partial charge is 0.271 e. The maximum absolute atomic E-state index is 11.8. The van der Waals surface area contributed by atoms with E-state index in [4.69, 9.17) is 0 Å². The number of carbonyl (C=O) groups is 1. The van der Waals surface area contributed by atoms with Crippen molar-refractivity contribution in [2.45, 2.75) is 13.3 Å². The van der Waals surface area contributed by atoms with Crippen LogP contribution in [0.25, 0.3) is 0 Å². The van der Waals surface area contributed by atoms with Crippen molar-refractivity contribution < 1.29 is 4.79 Å². The summed E-state index contributed by atoms with van der Waals surface area (Å²) in [6.45, 7) is 2.50. The van der Waals surface area contributed by atoms with E-state index in [9.17, 15) is 4.79 Å². The van der Waals surface area contributed by atoms with Gasteiger partial charge in [-0.2, -0.15) is 5.10 Å². The average molecular weight is 244 g/mol. The Bertz CT molecular complexity index is 514. The fraction of sp³-hybridized carbons (Fsp3) is 0.308. The molecule has 18 heavy (non-hydrogen) atoms. The molecular weight excluding hydrogens is 228 g/mol. The van der Waals surface area contributed by atoms with Crippen molar-refractivity contribution in [3.05, 3.63) is 47.5 Å². The molecule has 2 aromatic rings. The maximum atomic E-state index is 11.8. The number of amides is 1. The zero-order valence-corrected chi connectivity index (χ0v) is 10.6. The van der Waals surface area contributed by atoms with Gasteiger partial charge in [-0.25, -0.2) is 0 Å². The van der Waals surface area contributed by atoms with E-state index >= 15 is 0 Å². The van der Waals surface area contributed by atoms with E-state index in [1.807, 2.05) is 26.1 Å². The lowest BCUT2D eigenvalue weighted by Crippen LogP contribution is -2.26. The van der Waals surface area contributed by atoms with Gasteiger partial charge in [-0.1, -0.05) is 6.07 Å². The molecule has 0 aliphatic heterocycles. The third-order valence-corrected chi connectivity index (χ3v) is 2.77. The predicted octanol–water partition coefficient (Wildman–Crippen LogP) is 1.10. The van der Waals surface area contributed by atoms with Gasteiger partial charge in [0.2, 0.25) is 0 Å². The molecule has 1 N–H and O–H groups in total. The highest BCUT2D eigenvalue weighted by atomic mass is 16.1. The van der Waals surface area contributed by atoms with Crippen LogP contribution >= 0.6 is 0 Å². The minimum atomic E-state index is -0.136. The summed E-state index contributed by atoms with van der Waals surface area (Å²) < 4.78 is 1.69. The van der Waals surface area contributed by atoms with Crippen molar-refractivity contribution in [2.24, 2.45) is 7.05 Å². The molecule has 5 nitrogen and oxygen atoms in total. The van der Waals surface area contributed by atoms with Crippen LogP contribution in [0.3, 0.4) is 0 Å². The molecule has 0 aromatic carbocycles. The topological polar surface area (TPSA) is 59.8 Å². The van der Waals surface area contributed by atoms with Crippen molar-refractivity contribution >= 4 is 5.91 Å². The summed E-state index contributed by atoms with van der Waals surface area (Å²) in [6, 6.07) is 5.66. The summed E-state index contributed by atoms with van der Waals surface area (Å²) in [5, 5.41) is 6.97. The number of hydrogen-bond donors (Lipinski definition) is 1. The van der Waals surface area contributed by atoms with Crippen molar-refractivity contribution in [2.75, 3.05) is 6.54 Å². The Morgan fingerprint density at radius 3 is 2.94 bits per heavy atom. The van der Waals surface area contributed by atoms with Gasteiger partial charge in [-0.3, -0.25) is 14.5 Å². The molecule has 0 atom stereocenters. The fourth-order valence-electron chi connectivity index (χ4n) is 1.63. The van der Waals surface area contributed by atoms with Gasteiger partial charge < -0.3 is 5.32 Å². The Morgan fingerprint density at radius 2 is 2.33 bits per heavy atom. The average Bonchev–Trinajstić information content (AvgIpc) is 2.71. The highest BCUT2D eigenvalue weighted by molar-refractivity contribution is 5.92. The van der Waals surface area contributed by atoms with Crippen LogP contribution in [0.15, 0.2) is 30.6 Å². The number of rotatable bonds is 4. The van der Waals surface area contributed by atoms with Gasteiger partial charge in [-0.05, 0) is 31.0 Å². The molecule has 1 amide bonds. The standard InChI is InChI=1S/C13H16N4O/c1-10-8-12(16-17(10)2)13(18)15-7-5-11-4-3-6-14-9-11/h3-4,6,8-9H,5,7H2,1-2H3,(H,15,18). The second-order valence-corrected chi connectivity index (χ2v) is 4.16. The third-order valence-electron chi connectivity index (χ3n) is 2.77. The Kier molecular flexibility index (Phi) is 3.72. The summed E-state index contributed by atoms with van der Waals surface area (Å²) in [6.07, 6.45) is 4.31. The lowest BCUT2D eigenvalue weighted by atomic mass is 10.2. The molecule has 0 aliphatic carbocycles. The van der Waals surface area contributed by atoms with Gasteiger partial charge in [0.05, 0.1) is 0 Å². The first-order valence-corrected chi connectivity index (χ1v) is 5.84. The van der Waals surface area contributed by atoms with Crippen LogP contribution in [0.2, 0.25) is 0 Å². The summed E-state index contributed by atoms with van der Waals surface area (Å²) in [5.41, 5.74) is 2.53. The van der Waals surface area contributed by atoms with E-state index in [1.54, 1.807) is 23.1 Å². The first-order valence-electron chi connectivity index (χ1n) is 5.84. The SMILES string of the molecule is Cc1cc(C(=O)NCCc2cccnc2)nn1C. The van der Waals surface area contributed by atoms with E-state index in [0.29, 0.717) is 12.2 Å². The zero-order chi connectivity index (χ0) is 13.0. The van der Waals surface area contributed by atoms with Crippen molar-refractivity contribution in [3.63, 3.8) is 0 Å². The molecule has 0 spiro atoms. The zero-order valence-electron chi connectivity index (χ0n) is 10.6. The molecule has 0 radical (unpaired) electrons. The predicted molar refractivity (Wildman–Crippen MR) is 68.2 cm³/mol. The molecule has 94 valence electrons. The number of carbonyl (C=O) groups excluding carboxylic acids is 1. The normalized spacial score (nSPS) is 10.3. The number of aromatic nitrogens is 3.